The van der Waals surface area contributed by atoms with Crippen LogP contribution in [0.15, 0.2) is 29.3 Å². The zero-order chi connectivity index (χ0) is 20.3. The molecule has 2 unspecified atom stereocenters. The second-order valence-corrected chi connectivity index (χ2v) is 7.66. The van der Waals surface area contributed by atoms with Crippen LogP contribution in [0.3, 0.4) is 0 Å². The third-order valence-electron chi connectivity index (χ3n) is 5.49. The highest BCUT2D eigenvalue weighted by molar-refractivity contribution is 14.0. The average molecular weight is 532 g/mol. The van der Waals surface area contributed by atoms with Gasteiger partial charge in [0.1, 0.15) is 0 Å². The van der Waals surface area contributed by atoms with Gasteiger partial charge < -0.3 is 24.8 Å². The second-order valence-electron chi connectivity index (χ2n) is 7.66. The van der Waals surface area contributed by atoms with Crippen LogP contribution >= 0.6 is 24.0 Å². The van der Waals surface area contributed by atoms with Gasteiger partial charge >= 0.3 is 0 Å². The summed E-state index contributed by atoms with van der Waals surface area (Å²) in [5.74, 6) is 0.833. The van der Waals surface area contributed by atoms with Gasteiger partial charge in [-0.05, 0) is 25.3 Å². The summed E-state index contributed by atoms with van der Waals surface area (Å²) in [6.45, 7) is 9.56. The van der Waals surface area contributed by atoms with E-state index in [0.717, 1.165) is 78.0 Å². The number of aryl methyl sites for hydroxylation is 1. The molecule has 2 heterocycles. The van der Waals surface area contributed by atoms with Crippen LogP contribution < -0.4 is 10.6 Å². The van der Waals surface area contributed by atoms with Gasteiger partial charge in [-0.1, -0.05) is 29.8 Å². The Morgan fingerprint density at radius 2 is 1.93 bits per heavy atom. The van der Waals surface area contributed by atoms with Crippen molar-refractivity contribution in [3.8, 4) is 0 Å². The molecular weight excluding hydrogens is 495 g/mol. The summed E-state index contributed by atoms with van der Waals surface area (Å²) in [6.07, 6.45) is 2.23. The number of ether oxygens (including phenoxy) is 3. The van der Waals surface area contributed by atoms with Gasteiger partial charge in [0.25, 0.3) is 0 Å². The number of aliphatic imine (C=N–C) groups is 1. The molecule has 1 aromatic rings. The molecule has 3 rings (SSSR count). The van der Waals surface area contributed by atoms with Crippen molar-refractivity contribution in [3.05, 3.63) is 35.4 Å². The molecule has 2 aliphatic rings. The lowest BCUT2D eigenvalue weighted by molar-refractivity contribution is 0.0170. The largest absolute Gasteiger partial charge is 0.379 e. The molecule has 1 aromatic carbocycles. The van der Waals surface area contributed by atoms with E-state index >= 15 is 0 Å². The predicted molar refractivity (Wildman–Crippen MR) is 131 cm³/mol. The molecule has 2 fully saturated rings. The topological polar surface area (TPSA) is 67.4 Å². The van der Waals surface area contributed by atoms with Gasteiger partial charge in [-0.25, -0.2) is 0 Å². The molecule has 2 N–H and O–H groups in total. The minimum atomic E-state index is 0. The van der Waals surface area contributed by atoms with Crippen molar-refractivity contribution < 1.29 is 14.2 Å². The van der Waals surface area contributed by atoms with Crippen LogP contribution in [-0.4, -0.2) is 83.2 Å². The number of rotatable bonds is 9. The van der Waals surface area contributed by atoms with E-state index < -0.39 is 0 Å². The van der Waals surface area contributed by atoms with E-state index in [2.05, 4.69) is 51.7 Å². The van der Waals surface area contributed by atoms with Crippen LogP contribution in [0.2, 0.25) is 0 Å². The predicted octanol–water partition coefficient (Wildman–Crippen LogP) is 2.35. The highest BCUT2D eigenvalue weighted by Crippen LogP contribution is 2.21. The molecule has 2 saturated heterocycles. The molecule has 2 atom stereocenters. The number of hydrogen-bond donors (Lipinski definition) is 2. The Morgan fingerprint density at radius 3 is 2.60 bits per heavy atom. The first-order chi connectivity index (χ1) is 14.3. The fraction of sp³-hybridized carbons (Fsp3) is 0.682. The summed E-state index contributed by atoms with van der Waals surface area (Å²) >= 11 is 0. The number of halogens is 1. The van der Waals surface area contributed by atoms with E-state index in [1.807, 2.05) is 7.05 Å². The van der Waals surface area contributed by atoms with Gasteiger partial charge in [0.15, 0.2) is 5.96 Å². The number of nitrogens with zero attached hydrogens (tertiary/aromatic N) is 2. The summed E-state index contributed by atoms with van der Waals surface area (Å²) in [4.78, 5) is 6.87. The molecule has 30 heavy (non-hydrogen) atoms. The molecule has 0 aliphatic carbocycles. The second kappa shape index (κ2) is 14.2. The van der Waals surface area contributed by atoms with Crippen LogP contribution in [-0.2, 0) is 14.2 Å². The number of guanidine groups is 1. The standard InChI is InChI=1S/C22H36N4O3.HI/c1-18-4-6-19(7-5-18)21(26-10-14-27-15-11-26)16-25-22(23-2)24-9-3-12-29-20-8-13-28-17-20;/h4-7,20-21H,3,8-17H2,1-2H3,(H2,23,24,25);1H. The fourth-order valence-electron chi connectivity index (χ4n) is 3.72. The summed E-state index contributed by atoms with van der Waals surface area (Å²) < 4.78 is 16.7. The van der Waals surface area contributed by atoms with Gasteiger partial charge in [-0.15, -0.1) is 24.0 Å². The molecule has 0 radical (unpaired) electrons. The first-order valence-electron chi connectivity index (χ1n) is 10.8. The van der Waals surface area contributed by atoms with Crippen molar-refractivity contribution >= 4 is 29.9 Å². The maximum Gasteiger partial charge on any atom is 0.191 e. The molecule has 0 bridgehead atoms. The highest BCUT2D eigenvalue weighted by atomic mass is 127. The number of nitrogens with one attached hydrogen (secondary N) is 2. The van der Waals surface area contributed by atoms with E-state index in [9.17, 15) is 0 Å². The Bertz CT molecular complexity index is 617. The zero-order valence-corrected chi connectivity index (χ0v) is 20.6. The molecule has 0 saturated carbocycles. The molecule has 0 spiro atoms. The van der Waals surface area contributed by atoms with E-state index in [1.54, 1.807) is 0 Å². The maximum atomic E-state index is 5.82. The summed E-state index contributed by atoms with van der Waals surface area (Å²) in [5, 5.41) is 6.91. The first kappa shape index (κ1) is 25.3. The van der Waals surface area contributed by atoms with Crippen LogP contribution in [0.25, 0.3) is 0 Å². The quantitative estimate of drug-likeness (QED) is 0.220. The fourth-order valence-corrected chi connectivity index (χ4v) is 3.72. The first-order valence-corrected chi connectivity index (χ1v) is 10.8. The molecule has 170 valence electrons. The average Bonchev–Trinajstić information content (AvgIpc) is 3.27. The summed E-state index contributed by atoms with van der Waals surface area (Å²) in [5.41, 5.74) is 2.61. The van der Waals surface area contributed by atoms with Crippen LogP contribution in [0.5, 0.6) is 0 Å². The van der Waals surface area contributed by atoms with Crippen molar-refractivity contribution in [2.24, 2.45) is 4.99 Å². The molecule has 8 heteroatoms. The smallest absolute Gasteiger partial charge is 0.191 e. The van der Waals surface area contributed by atoms with Gasteiger partial charge in [0.2, 0.25) is 0 Å². The summed E-state index contributed by atoms with van der Waals surface area (Å²) in [7, 11) is 1.82. The van der Waals surface area contributed by atoms with Gasteiger partial charge in [-0.3, -0.25) is 9.89 Å². The zero-order valence-electron chi connectivity index (χ0n) is 18.3. The SMILES string of the molecule is CN=C(NCCCOC1CCOC1)NCC(c1ccc(C)cc1)N1CCOCC1.I. The highest BCUT2D eigenvalue weighted by Gasteiger charge is 2.23. The Balaban J connectivity index is 0.00000320. The van der Waals surface area contributed by atoms with Crippen LogP contribution in [0.1, 0.15) is 30.0 Å². The van der Waals surface area contributed by atoms with E-state index in [0.29, 0.717) is 6.04 Å². The summed E-state index contributed by atoms with van der Waals surface area (Å²) in [6, 6.07) is 9.13. The van der Waals surface area contributed by atoms with Crippen LogP contribution in [0, 0.1) is 6.92 Å². The van der Waals surface area contributed by atoms with Gasteiger partial charge in [0, 0.05) is 46.4 Å². The number of morpholine rings is 1. The van der Waals surface area contributed by atoms with Crippen molar-refractivity contribution in [2.45, 2.75) is 31.9 Å². The minimum absolute atomic E-state index is 0. The number of benzene rings is 1. The minimum Gasteiger partial charge on any atom is -0.379 e. The monoisotopic (exact) mass is 532 g/mol. The molecular formula is C22H37IN4O3. The van der Waals surface area contributed by atoms with Gasteiger partial charge in [0.05, 0.1) is 32.0 Å². The van der Waals surface area contributed by atoms with Crippen molar-refractivity contribution in [2.75, 3.05) is 66.3 Å². The Kier molecular flexibility index (Phi) is 12.0. The molecule has 2 aliphatic heterocycles. The maximum absolute atomic E-state index is 5.82. The van der Waals surface area contributed by atoms with E-state index in [1.165, 1.54) is 11.1 Å². The van der Waals surface area contributed by atoms with Crippen molar-refractivity contribution in [3.63, 3.8) is 0 Å². The molecule has 0 amide bonds. The Morgan fingerprint density at radius 1 is 1.17 bits per heavy atom. The Hall–Kier alpha value is -0.940. The lowest BCUT2D eigenvalue weighted by atomic mass is 10.0. The van der Waals surface area contributed by atoms with Crippen molar-refractivity contribution in [1.82, 2.24) is 15.5 Å². The third-order valence-corrected chi connectivity index (χ3v) is 5.49. The van der Waals surface area contributed by atoms with E-state index in [4.69, 9.17) is 14.2 Å². The Labute approximate surface area is 197 Å². The van der Waals surface area contributed by atoms with Crippen molar-refractivity contribution in [1.29, 1.82) is 0 Å². The molecule has 0 aromatic heterocycles. The lowest BCUT2D eigenvalue weighted by Gasteiger charge is -2.35. The lowest BCUT2D eigenvalue weighted by Crippen LogP contribution is -2.46. The van der Waals surface area contributed by atoms with E-state index in [-0.39, 0.29) is 30.1 Å². The third kappa shape index (κ3) is 8.30. The van der Waals surface area contributed by atoms with Gasteiger partial charge in [-0.2, -0.15) is 0 Å². The number of hydrogen-bond acceptors (Lipinski definition) is 5. The normalized spacial score (nSPS) is 21.1. The van der Waals surface area contributed by atoms with Crippen LogP contribution in [0.4, 0.5) is 0 Å². The molecule has 7 nitrogen and oxygen atoms in total.